The van der Waals surface area contributed by atoms with Gasteiger partial charge in [0.15, 0.2) is 17.5 Å². The van der Waals surface area contributed by atoms with E-state index in [9.17, 15) is 4.79 Å². The minimum atomic E-state index is -0.480. The zero-order valence-corrected chi connectivity index (χ0v) is 17.7. The zero-order valence-electron chi connectivity index (χ0n) is 17.7. The molecule has 0 aromatic heterocycles. The summed E-state index contributed by atoms with van der Waals surface area (Å²) in [5, 5.41) is 6.60. The Morgan fingerprint density at radius 3 is 2.57 bits per heavy atom. The number of rotatable bonds is 6. The molecule has 0 saturated carbocycles. The molecule has 1 amide bonds. The second-order valence-corrected chi connectivity index (χ2v) is 7.57. The summed E-state index contributed by atoms with van der Waals surface area (Å²) in [6, 6.07) is 5.97. The second kappa shape index (κ2) is 9.52. The minimum absolute atomic E-state index is 0.147. The van der Waals surface area contributed by atoms with Crippen LogP contribution in [0.15, 0.2) is 23.2 Å². The molecule has 1 aromatic carbocycles. The van der Waals surface area contributed by atoms with Crippen molar-refractivity contribution in [3.8, 4) is 11.5 Å². The van der Waals surface area contributed by atoms with E-state index in [2.05, 4.69) is 15.6 Å². The van der Waals surface area contributed by atoms with E-state index < -0.39 is 5.60 Å². The molecule has 2 rings (SSSR count). The number of nitrogens with zero attached hydrogens (tertiary/aromatic N) is 2. The number of hydrogen-bond donors (Lipinski definition) is 2. The summed E-state index contributed by atoms with van der Waals surface area (Å²) in [4.78, 5) is 17.9. The molecule has 0 bridgehead atoms. The molecule has 0 aliphatic carbocycles. The molecule has 1 aliphatic heterocycles. The second-order valence-electron chi connectivity index (χ2n) is 7.57. The van der Waals surface area contributed by atoms with E-state index in [0.717, 1.165) is 11.3 Å². The number of carbonyl (C=O) groups excluding carboxylic acids is 1. The Labute approximate surface area is 167 Å². The summed E-state index contributed by atoms with van der Waals surface area (Å²) in [6.45, 7) is 9.88. The van der Waals surface area contributed by atoms with Gasteiger partial charge in [0.05, 0.1) is 19.8 Å². The van der Waals surface area contributed by atoms with Gasteiger partial charge in [-0.1, -0.05) is 6.07 Å². The molecule has 0 atom stereocenters. The molecule has 0 unspecified atom stereocenters. The van der Waals surface area contributed by atoms with Crippen LogP contribution >= 0.6 is 0 Å². The average molecular weight is 393 g/mol. The summed E-state index contributed by atoms with van der Waals surface area (Å²) < 4.78 is 16.3. The Bertz CT molecular complexity index is 694. The third kappa shape index (κ3) is 6.21. The topological polar surface area (TPSA) is 84.4 Å². The Morgan fingerprint density at radius 2 is 2.00 bits per heavy atom. The Morgan fingerprint density at radius 1 is 1.29 bits per heavy atom. The van der Waals surface area contributed by atoms with Crippen LogP contribution in [0.1, 0.15) is 33.3 Å². The SMILES string of the molecule is CCOc1cc(CNC(=NC)NC2CN(C(=O)OC(C)(C)C)C2)ccc1OC. The molecule has 0 spiro atoms. The van der Waals surface area contributed by atoms with Crippen molar-refractivity contribution in [2.45, 2.75) is 45.9 Å². The van der Waals surface area contributed by atoms with Gasteiger partial charge in [-0.15, -0.1) is 0 Å². The molecule has 8 heteroatoms. The number of ether oxygens (including phenoxy) is 3. The molecule has 8 nitrogen and oxygen atoms in total. The van der Waals surface area contributed by atoms with Crippen LogP contribution in [-0.2, 0) is 11.3 Å². The Hall–Kier alpha value is -2.64. The molecule has 28 heavy (non-hydrogen) atoms. The fourth-order valence-electron chi connectivity index (χ4n) is 2.72. The zero-order chi connectivity index (χ0) is 20.7. The maximum absolute atomic E-state index is 12.0. The number of carbonyl (C=O) groups is 1. The van der Waals surface area contributed by atoms with Crippen LogP contribution in [0.2, 0.25) is 0 Å². The highest BCUT2D eigenvalue weighted by Crippen LogP contribution is 2.28. The van der Waals surface area contributed by atoms with Gasteiger partial charge in [-0.05, 0) is 45.4 Å². The lowest BCUT2D eigenvalue weighted by Crippen LogP contribution is -2.63. The molecule has 156 valence electrons. The van der Waals surface area contributed by atoms with Crippen molar-refractivity contribution in [1.29, 1.82) is 0 Å². The van der Waals surface area contributed by atoms with Crippen molar-refractivity contribution >= 4 is 12.1 Å². The fourth-order valence-corrected chi connectivity index (χ4v) is 2.72. The van der Waals surface area contributed by atoms with Crippen molar-refractivity contribution in [3.63, 3.8) is 0 Å². The summed E-state index contributed by atoms with van der Waals surface area (Å²) in [7, 11) is 3.35. The summed E-state index contributed by atoms with van der Waals surface area (Å²) >= 11 is 0. The highest BCUT2D eigenvalue weighted by Gasteiger charge is 2.34. The fraction of sp³-hybridized carbons (Fsp3) is 0.600. The van der Waals surface area contributed by atoms with Gasteiger partial charge in [0.1, 0.15) is 5.60 Å². The highest BCUT2D eigenvalue weighted by atomic mass is 16.6. The number of amides is 1. The minimum Gasteiger partial charge on any atom is -0.493 e. The standard InChI is InChI=1S/C20H32N4O4/c1-7-27-17-10-14(8-9-16(17)26-6)11-22-18(21-5)23-15-12-24(13-15)19(25)28-20(2,3)4/h8-10,15H,7,11-13H2,1-6H3,(H2,21,22,23). The lowest BCUT2D eigenvalue weighted by atomic mass is 10.1. The van der Waals surface area contributed by atoms with Crippen molar-refractivity contribution < 1.29 is 19.0 Å². The third-order valence-electron chi connectivity index (χ3n) is 4.09. The van der Waals surface area contributed by atoms with E-state index >= 15 is 0 Å². The number of aliphatic imine (C=N–C) groups is 1. The molecule has 1 fully saturated rings. The van der Waals surface area contributed by atoms with Gasteiger partial charge in [0.2, 0.25) is 0 Å². The van der Waals surface area contributed by atoms with Crippen molar-refractivity contribution in [1.82, 2.24) is 15.5 Å². The summed E-state index contributed by atoms with van der Waals surface area (Å²) in [5.41, 5.74) is 0.572. The number of methoxy groups -OCH3 is 1. The van der Waals surface area contributed by atoms with Gasteiger partial charge < -0.3 is 29.7 Å². The van der Waals surface area contributed by atoms with Gasteiger partial charge in [-0.3, -0.25) is 4.99 Å². The van der Waals surface area contributed by atoms with Gasteiger partial charge in [0.25, 0.3) is 0 Å². The van der Waals surface area contributed by atoms with Crippen molar-refractivity contribution in [3.05, 3.63) is 23.8 Å². The third-order valence-corrected chi connectivity index (χ3v) is 4.09. The first-order valence-electron chi connectivity index (χ1n) is 9.50. The van der Waals surface area contributed by atoms with Crippen LogP contribution in [-0.4, -0.2) is 62.4 Å². The first-order chi connectivity index (χ1) is 13.3. The largest absolute Gasteiger partial charge is 0.493 e. The molecule has 1 aliphatic rings. The summed E-state index contributed by atoms with van der Waals surface area (Å²) in [6.07, 6.45) is -0.282. The van der Waals surface area contributed by atoms with E-state index in [1.54, 1.807) is 19.1 Å². The van der Waals surface area contributed by atoms with Crippen molar-refractivity contribution in [2.24, 2.45) is 4.99 Å². The van der Waals surface area contributed by atoms with Crippen LogP contribution in [0.25, 0.3) is 0 Å². The van der Waals surface area contributed by atoms with Gasteiger partial charge in [-0.2, -0.15) is 0 Å². The van der Waals surface area contributed by atoms with Gasteiger partial charge in [0, 0.05) is 26.7 Å². The van der Waals surface area contributed by atoms with Crippen LogP contribution < -0.4 is 20.1 Å². The number of nitrogens with one attached hydrogen (secondary N) is 2. The molecule has 1 aromatic rings. The number of guanidine groups is 1. The van der Waals surface area contributed by atoms with Gasteiger partial charge in [-0.25, -0.2) is 4.79 Å². The van der Waals surface area contributed by atoms with Crippen LogP contribution in [0.5, 0.6) is 11.5 Å². The smallest absolute Gasteiger partial charge is 0.410 e. The van der Waals surface area contributed by atoms with E-state index in [0.29, 0.717) is 38.0 Å². The molecular formula is C20H32N4O4. The lowest BCUT2D eigenvalue weighted by molar-refractivity contribution is 0.00701. The van der Waals surface area contributed by atoms with Crippen LogP contribution in [0.4, 0.5) is 4.79 Å². The lowest BCUT2D eigenvalue weighted by Gasteiger charge is -2.40. The van der Waals surface area contributed by atoms with Crippen LogP contribution in [0, 0.1) is 0 Å². The Balaban J connectivity index is 1.82. The predicted molar refractivity (Wildman–Crippen MR) is 109 cm³/mol. The normalized spacial score (nSPS) is 14.9. The highest BCUT2D eigenvalue weighted by molar-refractivity contribution is 5.80. The van der Waals surface area contributed by atoms with Gasteiger partial charge >= 0.3 is 6.09 Å². The van der Waals surface area contributed by atoms with E-state index in [1.807, 2.05) is 45.9 Å². The van der Waals surface area contributed by atoms with E-state index in [-0.39, 0.29) is 12.1 Å². The quantitative estimate of drug-likeness (QED) is 0.571. The predicted octanol–water partition coefficient (Wildman–Crippen LogP) is 2.38. The number of likely N-dealkylation sites (tertiary alicyclic amines) is 1. The maximum atomic E-state index is 12.0. The molecule has 0 radical (unpaired) electrons. The monoisotopic (exact) mass is 392 g/mol. The van der Waals surface area contributed by atoms with Crippen molar-refractivity contribution in [2.75, 3.05) is 33.9 Å². The summed E-state index contributed by atoms with van der Waals surface area (Å²) in [5.74, 6) is 2.12. The molecular weight excluding hydrogens is 360 g/mol. The Kier molecular flexibility index (Phi) is 7.37. The molecule has 1 saturated heterocycles. The maximum Gasteiger partial charge on any atom is 0.410 e. The molecule has 1 heterocycles. The molecule has 2 N–H and O–H groups in total. The average Bonchev–Trinajstić information content (AvgIpc) is 2.59. The van der Waals surface area contributed by atoms with Crippen LogP contribution in [0.3, 0.4) is 0 Å². The first-order valence-corrected chi connectivity index (χ1v) is 9.50. The van der Waals surface area contributed by atoms with E-state index in [4.69, 9.17) is 14.2 Å². The number of hydrogen-bond acceptors (Lipinski definition) is 5. The first kappa shape index (κ1) is 21.7. The van der Waals surface area contributed by atoms with E-state index in [1.165, 1.54) is 0 Å². The number of benzene rings is 1.